The van der Waals surface area contributed by atoms with Crippen molar-refractivity contribution >= 4 is 35.8 Å². The minimum atomic E-state index is -1.70. The van der Waals surface area contributed by atoms with E-state index < -0.39 is 66.5 Å². The first-order valence-electron chi connectivity index (χ1n) is 10.6. The molecule has 14 heteroatoms. The van der Waals surface area contributed by atoms with Crippen molar-refractivity contribution in [2.24, 2.45) is 0 Å². The number of carbonyl (C=O) groups is 6. The highest BCUT2D eigenvalue weighted by Crippen LogP contribution is 2.32. The minimum Gasteiger partial charge on any atom is -0.467 e. The van der Waals surface area contributed by atoms with Crippen LogP contribution >= 0.6 is 0 Å². The van der Waals surface area contributed by atoms with Gasteiger partial charge in [-0.15, -0.1) is 0 Å². The normalized spacial score (nSPS) is 22.6. The van der Waals surface area contributed by atoms with E-state index in [1.165, 1.54) is 18.2 Å². The van der Waals surface area contributed by atoms with Crippen molar-refractivity contribution in [3.8, 4) is 5.75 Å². The average molecular weight is 526 g/mol. The molecule has 1 aromatic rings. The van der Waals surface area contributed by atoms with Gasteiger partial charge >= 0.3 is 35.8 Å². The van der Waals surface area contributed by atoms with Crippen molar-refractivity contribution < 1.29 is 66.7 Å². The molecule has 202 valence electrons. The summed E-state index contributed by atoms with van der Waals surface area (Å²) < 4.78 is 41.2. The molecule has 0 radical (unpaired) electrons. The number of hydrogen-bond acceptors (Lipinski definition) is 14. The van der Waals surface area contributed by atoms with Crippen molar-refractivity contribution in [3.63, 3.8) is 0 Å². The third kappa shape index (κ3) is 7.39. The molecule has 1 aromatic carbocycles. The maximum absolute atomic E-state index is 12.5. The zero-order valence-corrected chi connectivity index (χ0v) is 20.8. The highest BCUT2D eigenvalue weighted by Gasteiger charge is 2.55. The fourth-order valence-corrected chi connectivity index (χ4v) is 3.45. The maximum Gasteiger partial charge on any atom is 0.339 e. The van der Waals surface area contributed by atoms with E-state index in [-0.39, 0.29) is 16.9 Å². The third-order valence-corrected chi connectivity index (χ3v) is 4.84. The number of carbonyl (C=O) groups excluding carboxylic acids is 6. The summed E-state index contributed by atoms with van der Waals surface area (Å²) in [6.07, 6.45) is -8.15. The molecule has 14 nitrogen and oxygen atoms in total. The monoisotopic (exact) mass is 526 g/mol. The number of esters is 6. The first-order valence-corrected chi connectivity index (χ1v) is 10.6. The molecule has 0 spiro atoms. The zero-order chi connectivity index (χ0) is 27.9. The molecule has 0 saturated carbocycles. The van der Waals surface area contributed by atoms with Crippen molar-refractivity contribution in [3.05, 3.63) is 29.3 Å². The van der Waals surface area contributed by atoms with Gasteiger partial charge in [-0.05, 0) is 18.2 Å². The van der Waals surface area contributed by atoms with Crippen LogP contribution in [0, 0.1) is 0 Å². The van der Waals surface area contributed by atoms with Gasteiger partial charge in [0.25, 0.3) is 0 Å². The standard InChI is InChI=1S/C23H26O14/c1-10(24)33-16-17(34-11(2)25)19(35-12(3)26)23(37-18(16)22(29)32-6)36-15-8-13(20(27)30-4)7-14(9-15)21(28)31-5/h7-9,16-19,23H,1-6H3/t16-,17-,18-,19+,23+/m0/s1. The van der Waals surface area contributed by atoms with Crippen LogP contribution in [0.3, 0.4) is 0 Å². The molecule has 0 aliphatic carbocycles. The summed E-state index contributed by atoms with van der Waals surface area (Å²) in [6, 6.07) is 3.54. The Morgan fingerprint density at radius 1 is 0.649 bits per heavy atom. The Hall–Kier alpha value is -4.20. The number of hydrogen-bond donors (Lipinski definition) is 0. The van der Waals surface area contributed by atoms with Crippen LogP contribution < -0.4 is 4.74 Å². The first-order chi connectivity index (χ1) is 17.4. The molecule has 0 aromatic heterocycles. The number of ether oxygens (including phenoxy) is 8. The van der Waals surface area contributed by atoms with E-state index in [0.717, 1.165) is 42.1 Å². The topological polar surface area (TPSA) is 176 Å². The summed E-state index contributed by atoms with van der Waals surface area (Å²) in [5.41, 5.74) is -0.224. The quantitative estimate of drug-likeness (QED) is 0.334. The van der Waals surface area contributed by atoms with Gasteiger partial charge in [0.05, 0.1) is 32.5 Å². The summed E-state index contributed by atoms with van der Waals surface area (Å²) in [6.45, 7) is 3.12. The largest absolute Gasteiger partial charge is 0.467 e. The second-order valence-corrected chi connectivity index (χ2v) is 7.52. The molecule has 5 atom stereocenters. The van der Waals surface area contributed by atoms with E-state index in [1.807, 2.05) is 0 Å². The van der Waals surface area contributed by atoms with Gasteiger partial charge < -0.3 is 37.9 Å². The summed E-state index contributed by atoms with van der Waals surface area (Å²) in [7, 11) is 3.27. The Labute approximate surface area is 211 Å². The highest BCUT2D eigenvalue weighted by atomic mass is 16.7. The number of methoxy groups -OCH3 is 3. The van der Waals surface area contributed by atoms with Crippen LogP contribution in [0.1, 0.15) is 41.5 Å². The SMILES string of the molecule is COC(=O)c1cc(O[C@@H]2O[C@H](C(=O)OC)[C@@H](OC(C)=O)[C@H](OC(C)=O)[C@H]2OC(C)=O)cc(C(=O)OC)c1. The molecule has 1 saturated heterocycles. The van der Waals surface area contributed by atoms with Gasteiger partial charge in [0.15, 0.2) is 18.3 Å². The Balaban J connectivity index is 2.62. The van der Waals surface area contributed by atoms with Crippen LogP contribution in [0.5, 0.6) is 5.75 Å². The molecule has 0 amide bonds. The predicted octanol–water partition coefficient (Wildman–Crippen LogP) is 0.332. The third-order valence-electron chi connectivity index (χ3n) is 4.84. The second-order valence-electron chi connectivity index (χ2n) is 7.52. The van der Waals surface area contributed by atoms with Crippen molar-refractivity contribution in [1.82, 2.24) is 0 Å². The lowest BCUT2D eigenvalue weighted by Crippen LogP contribution is -2.64. The summed E-state index contributed by atoms with van der Waals surface area (Å²) in [5.74, 6) is -5.46. The van der Waals surface area contributed by atoms with Crippen LogP contribution in [-0.4, -0.2) is 87.9 Å². The second kappa shape index (κ2) is 12.7. The van der Waals surface area contributed by atoms with Crippen LogP contribution in [-0.2, 0) is 52.3 Å². The van der Waals surface area contributed by atoms with Gasteiger partial charge in [-0.2, -0.15) is 0 Å². The van der Waals surface area contributed by atoms with Crippen molar-refractivity contribution in [1.29, 1.82) is 0 Å². The van der Waals surface area contributed by atoms with E-state index in [4.69, 9.17) is 28.4 Å². The highest BCUT2D eigenvalue weighted by molar-refractivity contribution is 5.96. The Kier molecular flexibility index (Phi) is 9.94. The van der Waals surface area contributed by atoms with Gasteiger partial charge in [-0.25, -0.2) is 14.4 Å². The molecule has 37 heavy (non-hydrogen) atoms. The number of benzene rings is 1. The number of rotatable bonds is 8. The minimum absolute atomic E-state index is 0.112. The maximum atomic E-state index is 12.5. The van der Waals surface area contributed by atoms with Crippen molar-refractivity contribution in [2.45, 2.75) is 51.5 Å². The lowest BCUT2D eigenvalue weighted by atomic mass is 9.97. The van der Waals surface area contributed by atoms with Gasteiger partial charge in [0.2, 0.25) is 12.4 Å². The molecule has 1 aliphatic heterocycles. The molecule has 2 rings (SSSR count). The summed E-state index contributed by atoms with van der Waals surface area (Å²) in [5, 5.41) is 0. The lowest BCUT2D eigenvalue weighted by molar-refractivity contribution is -0.282. The fraction of sp³-hybridized carbons (Fsp3) is 0.478. The first kappa shape index (κ1) is 29.0. The van der Waals surface area contributed by atoms with E-state index >= 15 is 0 Å². The summed E-state index contributed by atoms with van der Waals surface area (Å²) in [4.78, 5) is 72.3. The van der Waals surface area contributed by atoms with Gasteiger partial charge in [0.1, 0.15) is 5.75 Å². The fourth-order valence-electron chi connectivity index (χ4n) is 3.45. The predicted molar refractivity (Wildman–Crippen MR) is 117 cm³/mol. The van der Waals surface area contributed by atoms with Crippen LogP contribution in [0.25, 0.3) is 0 Å². The van der Waals surface area contributed by atoms with E-state index in [2.05, 4.69) is 9.47 Å². The van der Waals surface area contributed by atoms with Crippen LogP contribution in [0.2, 0.25) is 0 Å². The zero-order valence-electron chi connectivity index (χ0n) is 20.8. The molecule has 0 unspecified atom stereocenters. The molecule has 1 fully saturated rings. The van der Waals surface area contributed by atoms with Crippen LogP contribution in [0.4, 0.5) is 0 Å². The smallest absolute Gasteiger partial charge is 0.339 e. The molecule has 1 heterocycles. The van der Waals surface area contributed by atoms with Crippen LogP contribution in [0.15, 0.2) is 18.2 Å². The van der Waals surface area contributed by atoms with Gasteiger partial charge in [-0.1, -0.05) is 0 Å². The average Bonchev–Trinajstić information content (AvgIpc) is 2.84. The van der Waals surface area contributed by atoms with Gasteiger partial charge in [-0.3, -0.25) is 14.4 Å². The summed E-state index contributed by atoms with van der Waals surface area (Å²) >= 11 is 0. The molecular weight excluding hydrogens is 500 g/mol. The van der Waals surface area contributed by atoms with Gasteiger partial charge in [0, 0.05) is 20.8 Å². The van der Waals surface area contributed by atoms with E-state index in [9.17, 15) is 28.8 Å². The lowest BCUT2D eigenvalue weighted by Gasteiger charge is -2.43. The van der Waals surface area contributed by atoms with E-state index in [0.29, 0.717) is 0 Å². The Bertz CT molecular complexity index is 1030. The molecule has 0 bridgehead atoms. The molecular formula is C23H26O14. The van der Waals surface area contributed by atoms with E-state index in [1.54, 1.807) is 0 Å². The van der Waals surface area contributed by atoms with Crippen molar-refractivity contribution in [2.75, 3.05) is 21.3 Å². The Morgan fingerprint density at radius 2 is 1.11 bits per heavy atom. The Morgan fingerprint density at radius 3 is 1.54 bits per heavy atom. The molecule has 0 N–H and O–H groups in total. The molecule has 1 aliphatic rings.